The van der Waals surface area contributed by atoms with Crippen molar-refractivity contribution in [3.05, 3.63) is 43.3 Å². The SMILES string of the molecule is C/C(=C\c1csc(C)n1)C1C[C@@H]2N[C@@H]2CCC[C@H](C)[C@H](O)[C@@H](C)C(=O)C(C)(C)[C@@H](O)CC(=O)O1.C/C(=C\c1csc(C)n1)C1C[C@H]2[C@@H](CCC[C@H](C)[C@H](O)[C@@H](C)C(=O)C(C)(C)[C@@H](O)CC(=O)O1)N2CCO.[2HH]. The van der Waals surface area contributed by atoms with Gasteiger partial charge in [0, 0.05) is 67.6 Å². The summed E-state index contributed by atoms with van der Waals surface area (Å²) in [6.07, 6.45) is 4.82. The molecule has 400 valence electrons. The average Bonchev–Trinajstić information content (AvgIpc) is 4.08. The molecule has 4 aliphatic rings. The second kappa shape index (κ2) is 25.3. The Morgan fingerprint density at radius 1 is 0.704 bits per heavy atom. The topological polar surface area (TPSA) is 239 Å². The van der Waals surface area contributed by atoms with Crippen molar-refractivity contribution in [1.29, 1.82) is 0 Å². The van der Waals surface area contributed by atoms with Gasteiger partial charge in [0.05, 0.1) is 76.1 Å². The van der Waals surface area contributed by atoms with E-state index in [2.05, 4.69) is 20.2 Å². The minimum Gasteiger partial charge on any atom is -0.458 e. The summed E-state index contributed by atoms with van der Waals surface area (Å²) in [6, 6.07) is 1.05. The normalized spacial score (nSPS) is 36.0. The number of Topliss-reactive ketones (excluding diaryl/α,β-unsaturated/α-hetero) is 2. The molecule has 15 atom stereocenters. The number of cyclic esters (lactones) is 2. The van der Waals surface area contributed by atoms with E-state index < -0.39 is 71.2 Å². The Morgan fingerprint density at radius 3 is 1.56 bits per heavy atom. The number of rotatable bonds is 6. The monoisotopic (exact) mass is 1030 g/mol. The molecule has 0 amide bonds. The lowest BCUT2D eigenvalue weighted by Crippen LogP contribution is -2.45. The lowest BCUT2D eigenvalue weighted by Gasteiger charge is -2.34. The Labute approximate surface area is 431 Å². The van der Waals surface area contributed by atoms with E-state index >= 15 is 0 Å². The van der Waals surface area contributed by atoms with Crippen molar-refractivity contribution in [3.63, 3.8) is 0 Å². The molecule has 0 spiro atoms. The standard InChI is InChI=1S/C28H44N2O6S.C26H40N2O5S.H2/c1-16-8-7-9-21-22(30(21)10-11-31)13-23(17(2)12-20-15-37-19(4)29-20)36-25(33)14-24(32)28(5,6)27(35)18(3)26(16)34;1-14-8-7-9-19-20(28-19)11-21(15(2)10-18-13-34-17(4)27-18)33-23(30)12-22(29)26(5,6)25(32)16(3)24(14)31;/h12,15-16,18,21-24,26,31-32,34H,7-11,13-14H2,1-6H3;10,13-14,16,19-22,24,28-29,31H,7-9,11-12H2,1-6H3;1H/b17-12+;15-10+;/t16-,18+,21+,22-,23?,24-,26-,30?;14-,16+,19+,20-,21?,22-,24-;/m00./s1/i;;1+1. The molecule has 0 aromatic carbocycles. The molecule has 0 bridgehead atoms. The Hall–Kier alpha value is -3.26. The molecular weight excluding hydrogens is 945 g/mol. The molecule has 71 heavy (non-hydrogen) atoms. The number of aryl methyl sites for hydroxylation is 2. The molecule has 2 aromatic heterocycles. The van der Waals surface area contributed by atoms with Gasteiger partial charge in [-0.1, -0.05) is 68.2 Å². The van der Waals surface area contributed by atoms with Crippen molar-refractivity contribution in [2.75, 3.05) is 13.2 Å². The van der Waals surface area contributed by atoms with E-state index in [9.17, 15) is 44.7 Å². The van der Waals surface area contributed by atoms with Gasteiger partial charge in [-0.05, 0) is 88.5 Å². The van der Waals surface area contributed by atoms with Crippen LogP contribution in [0.5, 0.6) is 0 Å². The van der Waals surface area contributed by atoms with Gasteiger partial charge in [-0.3, -0.25) is 24.1 Å². The zero-order valence-electron chi connectivity index (χ0n) is 44.2. The van der Waals surface area contributed by atoms with Crippen molar-refractivity contribution in [2.24, 2.45) is 34.5 Å². The van der Waals surface area contributed by atoms with Gasteiger partial charge in [-0.2, -0.15) is 0 Å². The average molecular weight is 1030 g/mol. The van der Waals surface area contributed by atoms with Gasteiger partial charge in [-0.25, -0.2) is 9.97 Å². The van der Waals surface area contributed by atoms with Gasteiger partial charge in [-0.15, -0.1) is 22.7 Å². The number of carbonyl (C=O) groups excluding carboxylic acids is 4. The van der Waals surface area contributed by atoms with Crippen LogP contribution in [0.2, 0.25) is 0 Å². The Balaban J connectivity index is 0.000000309. The number of hydrogen-bond donors (Lipinski definition) is 6. The summed E-state index contributed by atoms with van der Waals surface area (Å²) >= 11 is 3.13. The van der Waals surface area contributed by atoms with Crippen LogP contribution in [-0.4, -0.2) is 138 Å². The highest BCUT2D eigenvalue weighted by atomic mass is 32.1. The molecule has 17 heteroatoms. The van der Waals surface area contributed by atoms with Crippen LogP contribution in [0, 0.1) is 48.3 Å². The molecule has 0 saturated carbocycles. The summed E-state index contributed by atoms with van der Waals surface area (Å²) in [5, 5.41) is 62.4. The van der Waals surface area contributed by atoms with Crippen molar-refractivity contribution >= 4 is 58.3 Å². The number of aliphatic hydroxyl groups is 5. The second-order valence-electron chi connectivity index (χ2n) is 22.3. The molecule has 4 fully saturated rings. The molecule has 15 nitrogen and oxygen atoms in total. The summed E-state index contributed by atoms with van der Waals surface area (Å²) in [5.74, 6) is -3.00. The van der Waals surface area contributed by atoms with Crippen LogP contribution in [-0.2, 0) is 28.7 Å². The summed E-state index contributed by atoms with van der Waals surface area (Å²) < 4.78 is 11.8. The summed E-state index contributed by atoms with van der Waals surface area (Å²) in [6.45, 7) is 22.2. The maximum absolute atomic E-state index is 13.3. The van der Waals surface area contributed by atoms with E-state index in [0.29, 0.717) is 25.4 Å². The smallest absolute Gasteiger partial charge is 0.309 e. The zero-order chi connectivity index (χ0) is 52.7. The van der Waals surface area contributed by atoms with E-state index in [-0.39, 0.29) is 62.4 Å². The van der Waals surface area contributed by atoms with E-state index in [1.807, 2.05) is 64.5 Å². The van der Waals surface area contributed by atoms with Crippen LogP contribution in [0.3, 0.4) is 0 Å². The first-order valence-electron chi connectivity index (χ1n) is 25.8. The van der Waals surface area contributed by atoms with E-state index in [1.165, 1.54) is 0 Å². The van der Waals surface area contributed by atoms with Crippen molar-refractivity contribution in [2.45, 2.75) is 208 Å². The van der Waals surface area contributed by atoms with E-state index in [1.54, 1.807) is 64.2 Å². The summed E-state index contributed by atoms with van der Waals surface area (Å²) in [5.41, 5.74) is 1.03. The third kappa shape index (κ3) is 15.6. The van der Waals surface area contributed by atoms with Crippen molar-refractivity contribution in [3.8, 4) is 0 Å². The molecule has 0 aliphatic carbocycles. The van der Waals surface area contributed by atoms with E-state index in [0.717, 1.165) is 71.1 Å². The lowest BCUT2D eigenvalue weighted by atomic mass is 9.73. The molecule has 6 rings (SSSR count). The highest BCUT2D eigenvalue weighted by Crippen LogP contribution is 2.40. The quantitative estimate of drug-likeness (QED) is 0.123. The predicted molar refractivity (Wildman–Crippen MR) is 279 cm³/mol. The van der Waals surface area contributed by atoms with Crippen LogP contribution in [0.25, 0.3) is 12.2 Å². The van der Waals surface area contributed by atoms with Gasteiger partial charge in [0.15, 0.2) is 0 Å². The molecule has 3 unspecified atom stereocenters. The number of ether oxygens (including phenoxy) is 2. The number of carbonyl (C=O) groups is 4. The third-order valence-electron chi connectivity index (χ3n) is 15.9. The van der Waals surface area contributed by atoms with E-state index in [4.69, 9.17) is 9.47 Å². The highest BCUT2D eigenvalue weighted by molar-refractivity contribution is 7.09. The van der Waals surface area contributed by atoms with Crippen LogP contribution < -0.4 is 5.32 Å². The zero-order valence-corrected chi connectivity index (χ0v) is 45.9. The predicted octanol–water partition coefficient (Wildman–Crippen LogP) is 7.27. The number of fused-ring (bicyclic) bond motifs is 2. The number of nitrogens with zero attached hydrogens (tertiary/aromatic N) is 3. The fraction of sp³-hybridized carbons (Fsp3) is 0.741. The molecule has 4 saturated heterocycles. The molecule has 6 N–H and O–H groups in total. The minimum absolute atomic E-state index is 0. The van der Waals surface area contributed by atoms with Crippen molar-refractivity contribution < 1.29 is 55.6 Å². The van der Waals surface area contributed by atoms with Gasteiger partial charge in [0.1, 0.15) is 23.8 Å². The number of β-amino-alcohol motifs (C(OH)–C–C–N with tert-alkyl or cyclic N) is 1. The van der Waals surface area contributed by atoms with Crippen LogP contribution in [0.4, 0.5) is 0 Å². The first-order chi connectivity index (χ1) is 33.3. The first kappa shape index (κ1) is 58.6. The molecular formula is C54H86N4O11S2. The van der Waals surface area contributed by atoms with Gasteiger partial charge >= 0.3 is 11.9 Å². The fourth-order valence-corrected chi connectivity index (χ4v) is 11.7. The Kier molecular flexibility index (Phi) is 20.9. The van der Waals surface area contributed by atoms with Crippen LogP contribution in [0.1, 0.15) is 156 Å². The fourth-order valence-electron chi connectivity index (χ4n) is 10.6. The number of aromatic nitrogens is 2. The summed E-state index contributed by atoms with van der Waals surface area (Å²) in [7, 11) is 0. The maximum Gasteiger partial charge on any atom is 0.309 e. The molecule has 6 heterocycles. The minimum atomic E-state index is -1.24. The number of aliphatic hydroxyl groups excluding tert-OH is 5. The van der Waals surface area contributed by atoms with Crippen molar-refractivity contribution in [1.82, 2.24) is 20.2 Å². The van der Waals surface area contributed by atoms with Crippen LogP contribution in [0.15, 0.2) is 21.9 Å². The second-order valence-corrected chi connectivity index (χ2v) is 24.4. The van der Waals surface area contributed by atoms with Gasteiger partial charge in [0.2, 0.25) is 0 Å². The lowest BCUT2D eigenvalue weighted by molar-refractivity contribution is -0.156. The first-order valence-corrected chi connectivity index (χ1v) is 27.6. The molecule has 0 radical (unpaired) electrons. The largest absolute Gasteiger partial charge is 0.458 e. The number of ketones is 2. The molecule has 2 aromatic rings. The highest BCUT2D eigenvalue weighted by Gasteiger charge is 2.49. The Bertz CT molecular complexity index is 2190. The Morgan fingerprint density at radius 2 is 1.14 bits per heavy atom. The maximum atomic E-state index is 13.3. The number of hydrogen-bond acceptors (Lipinski definition) is 17. The van der Waals surface area contributed by atoms with Gasteiger partial charge < -0.3 is 40.3 Å². The number of esters is 2. The number of thiazole rings is 2. The summed E-state index contributed by atoms with van der Waals surface area (Å²) in [4.78, 5) is 63.6. The number of nitrogens with one attached hydrogen (secondary N) is 1. The molecule has 4 aliphatic heterocycles. The third-order valence-corrected chi connectivity index (χ3v) is 17.5. The van der Waals surface area contributed by atoms with Crippen LogP contribution >= 0.6 is 22.7 Å². The van der Waals surface area contributed by atoms with Gasteiger partial charge in [0.25, 0.3) is 0 Å².